The Kier molecular flexibility index (Phi) is 4.99. The molecule has 4 rings (SSSR count). The first kappa shape index (κ1) is 17.7. The Balaban J connectivity index is 1.40. The molecule has 6 nitrogen and oxygen atoms in total. The molecule has 2 N–H and O–H groups in total. The van der Waals surface area contributed by atoms with E-state index in [4.69, 9.17) is 17.0 Å². The molecular weight excluding hydrogens is 372 g/mol. The Morgan fingerprint density at radius 2 is 1.82 bits per heavy atom. The van der Waals surface area contributed by atoms with Crippen molar-refractivity contribution >= 4 is 34.6 Å². The third-order valence-corrected chi connectivity index (χ3v) is 4.15. The predicted molar refractivity (Wildman–Crippen MR) is 112 cm³/mol. The molecule has 28 heavy (non-hydrogen) atoms. The normalized spacial score (nSPS) is 10.4. The molecule has 0 atom stereocenters. The standard InChI is InChI=1S/C21H16N4O2S/c26-20(15-9-10-19-22-11-12-25(19)14-15)24-21(28)23-16-5-4-8-18(13-16)27-17-6-2-1-3-7-17/h1-14H,(H2,23,24,26,28). The molecule has 0 aliphatic rings. The molecule has 0 spiro atoms. The van der Waals surface area contributed by atoms with Gasteiger partial charge in [-0.2, -0.15) is 0 Å². The van der Waals surface area contributed by atoms with Crippen LogP contribution in [0.5, 0.6) is 11.5 Å². The van der Waals surface area contributed by atoms with E-state index in [-0.39, 0.29) is 11.0 Å². The SMILES string of the molecule is O=C(NC(=S)Nc1cccc(Oc2ccccc2)c1)c1ccc2nccn2c1. The van der Waals surface area contributed by atoms with Crippen LogP contribution in [0.2, 0.25) is 0 Å². The summed E-state index contributed by atoms with van der Waals surface area (Å²) in [7, 11) is 0. The predicted octanol–water partition coefficient (Wildman–Crippen LogP) is 4.25. The van der Waals surface area contributed by atoms with E-state index in [1.54, 1.807) is 35.1 Å². The van der Waals surface area contributed by atoms with E-state index in [9.17, 15) is 4.79 Å². The molecule has 2 aromatic heterocycles. The molecule has 0 fully saturated rings. The van der Waals surface area contributed by atoms with Gasteiger partial charge in [-0.3, -0.25) is 10.1 Å². The van der Waals surface area contributed by atoms with Crippen molar-refractivity contribution in [3.63, 3.8) is 0 Å². The molecular formula is C21H16N4O2S. The molecule has 2 aromatic carbocycles. The minimum Gasteiger partial charge on any atom is -0.457 e. The first-order chi connectivity index (χ1) is 13.7. The quantitative estimate of drug-likeness (QED) is 0.512. The second-order valence-corrected chi connectivity index (χ2v) is 6.37. The number of ether oxygens (including phenoxy) is 1. The minimum absolute atomic E-state index is 0.201. The van der Waals surface area contributed by atoms with Crippen molar-refractivity contribution in [2.75, 3.05) is 5.32 Å². The fourth-order valence-corrected chi connectivity index (χ4v) is 2.86. The molecule has 0 saturated heterocycles. The number of imidazole rings is 1. The van der Waals surface area contributed by atoms with Crippen LogP contribution in [0, 0.1) is 0 Å². The van der Waals surface area contributed by atoms with Gasteiger partial charge in [0.05, 0.1) is 5.56 Å². The van der Waals surface area contributed by atoms with E-state index in [0.29, 0.717) is 17.0 Å². The van der Waals surface area contributed by atoms with Crippen molar-refractivity contribution in [2.45, 2.75) is 0 Å². The van der Waals surface area contributed by atoms with Crippen LogP contribution in [-0.4, -0.2) is 20.4 Å². The van der Waals surface area contributed by atoms with Gasteiger partial charge >= 0.3 is 0 Å². The fourth-order valence-electron chi connectivity index (χ4n) is 2.65. The lowest BCUT2D eigenvalue weighted by molar-refractivity contribution is 0.0977. The van der Waals surface area contributed by atoms with Crippen molar-refractivity contribution in [2.24, 2.45) is 0 Å². The molecule has 2 heterocycles. The molecule has 138 valence electrons. The number of aromatic nitrogens is 2. The monoisotopic (exact) mass is 388 g/mol. The number of anilines is 1. The summed E-state index contributed by atoms with van der Waals surface area (Å²) in [6.45, 7) is 0. The van der Waals surface area contributed by atoms with Crippen molar-refractivity contribution in [3.8, 4) is 11.5 Å². The smallest absolute Gasteiger partial charge is 0.258 e. The first-order valence-electron chi connectivity index (χ1n) is 8.55. The Labute approximate surface area is 166 Å². The highest BCUT2D eigenvalue weighted by atomic mass is 32.1. The van der Waals surface area contributed by atoms with Gasteiger partial charge in [-0.15, -0.1) is 0 Å². The number of para-hydroxylation sites is 1. The largest absolute Gasteiger partial charge is 0.457 e. The van der Waals surface area contributed by atoms with Gasteiger partial charge in [-0.25, -0.2) is 4.98 Å². The molecule has 0 aliphatic carbocycles. The highest BCUT2D eigenvalue weighted by molar-refractivity contribution is 7.80. The van der Waals surface area contributed by atoms with Crippen molar-refractivity contribution < 1.29 is 9.53 Å². The van der Waals surface area contributed by atoms with Crippen molar-refractivity contribution in [3.05, 3.63) is 90.9 Å². The summed E-state index contributed by atoms with van der Waals surface area (Å²) in [6, 6.07) is 20.3. The van der Waals surface area contributed by atoms with Gasteiger partial charge < -0.3 is 14.5 Å². The van der Waals surface area contributed by atoms with Crippen molar-refractivity contribution in [1.82, 2.24) is 14.7 Å². The lowest BCUT2D eigenvalue weighted by Crippen LogP contribution is -2.34. The third kappa shape index (κ3) is 4.16. The zero-order valence-corrected chi connectivity index (χ0v) is 15.5. The van der Waals surface area contributed by atoms with E-state index in [2.05, 4.69) is 15.6 Å². The van der Waals surface area contributed by atoms with Crippen LogP contribution in [-0.2, 0) is 0 Å². The van der Waals surface area contributed by atoms with E-state index in [0.717, 1.165) is 11.4 Å². The summed E-state index contributed by atoms with van der Waals surface area (Å²) < 4.78 is 7.58. The zero-order chi connectivity index (χ0) is 19.3. The average molecular weight is 388 g/mol. The number of hydrogen-bond acceptors (Lipinski definition) is 4. The summed E-state index contributed by atoms with van der Waals surface area (Å²) in [5.74, 6) is 1.10. The number of nitrogens with zero attached hydrogens (tertiary/aromatic N) is 2. The molecule has 1 amide bonds. The maximum atomic E-state index is 12.4. The Morgan fingerprint density at radius 1 is 1.00 bits per heavy atom. The number of nitrogens with one attached hydrogen (secondary N) is 2. The minimum atomic E-state index is -0.301. The first-order valence-corrected chi connectivity index (χ1v) is 8.96. The summed E-state index contributed by atoms with van der Waals surface area (Å²) in [4.78, 5) is 16.6. The molecule has 4 aromatic rings. The zero-order valence-electron chi connectivity index (χ0n) is 14.7. The Hall–Kier alpha value is -3.71. The molecule has 0 unspecified atom stereocenters. The molecule has 0 radical (unpaired) electrons. The van der Waals surface area contributed by atoms with Crippen LogP contribution in [0.25, 0.3) is 5.65 Å². The van der Waals surface area contributed by atoms with Gasteiger partial charge in [0.1, 0.15) is 17.1 Å². The van der Waals surface area contributed by atoms with Crippen molar-refractivity contribution in [1.29, 1.82) is 0 Å². The Morgan fingerprint density at radius 3 is 2.68 bits per heavy atom. The number of carbonyl (C=O) groups is 1. The number of rotatable bonds is 4. The Bertz CT molecular complexity index is 1140. The van der Waals surface area contributed by atoms with E-state index < -0.39 is 0 Å². The molecule has 0 bridgehead atoms. The molecule has 0 saturated carbocycles. The third-order valence-electron chi connectivity index (χ3n) is 3.95. The van der Waals surface area contributed by atoms with E-state index in [1.165, 1.54) is 0 Å². The summed E-state index contributed by atoms with van der Waals surface area (Å²) >= 11 is 5.26. The average Bonchev–Trinajstić information content (AvgIpc) is 3.16. The summed E-state index contributed by atoms with van der Waals surface area (Å²) in [5, 5.41) is 5.88. The van der Waals surface area contributed by atoms with Crippen LogP contribution in [0.4, 0.5) is 5.69 Å². The highest BCUT2D eigenvalue weighted by Crippen LogP contribution is 2.23. The summed E-state index contributed by atoms with van der Waals surface area (Å²) in [6.07, 6.45) is 5.16. The van der Waals surface area contributed by atoms with Crippen LogP contribution >= 0.6 is 12.2 Å². The van der Waals surface area contributed by atoms with Gasteiger partial charge in [0.15, 0.2) is 5.11 Å². The maximum Gasteiger partial charge on any atom is 0.258 e. The van der Waals surface area contributed by atoms with Crippen LogP contribution < -0.4 is 15.4 Å². The van der Waals surface area contributed by atoms with Gasteiger partial charge in [0.2, 0.25) is 0 Å². The number of benzene rings is 2. The van der Waals surface area contributed by atoms with Gasteiger partial charge in [0, 0.05) is 30.3 Å². The molecule has 7 heteroatoms. The second-order valence-electron chi connectivity index (χ2n) is 5.96. The number of pyridine rings is 1. The second kappa shape index (κ2) is 7.89. The maximum absolute atomic E-state index is 12.4. The lowest BCUT2D eigenvalue weighted by atomic mass is 10.2. The van der Waals surface area contributed by atoms with Gasteiger partial charge in [-0.05, 0) is 48.6 Å². The number of thiocarbonyl (C=S) groups is 1. The summed E-state index contributed by atoms with van der Waals surface area (Å²) in [5.41, 5.74) is 1.96. The molecule has 0 aliphatic heterocycles. The highest BCUT2D eigenvalue weighted by Gasteiger charge is 2.09. The number of carbonyl (C=O) groups excluding carboxylic acids is 1. The van der Waals surface area contributed by atoms with Gasteiger partial charge in [-0.1, -0.05) is 24.3 Å². The van der Waals surface area contributed by atoms with E-state index in [1.807, 2.05) is 54.6 Å². The fraction of sp³-hybridized carbons (Fsp3) is 0. The lowest BCUT2D eigenvalue weighted by Gasteiger charge is -2.11. The van der Waals surface area contributed by atoms with E-state index >= 15 is 0 Å². The van der Waals surface area contributed by atoms with Crippen LogP contribution in [0.3, 0.4) is 0 Å². The number of hydrogen-bond donors (Lipinski definition) is 2. The van der Waals surface area contributed by atoms with Crippen LogP contribution in [0.1, 0.15) is 10.4 Å². The number of fused-ring (bicyclic) bond motifs is 1. The van der Waals surface area contributed by atoms with Crippen LogP contribution in [0.15, 0.2) is 85.3 Å². The number of amides is 1. The topological polar surface area (TPSA) is 67.7 Å². The van der Waals surface area contributed by atoms with Gasteiger partial charge in [0.25, 0.3) is 5.91 Å².